The van der Waals surface area contributed by atoms with E-state index in [2.05, 4.69) is 15.6 Å². The highest BCUT2D eigenvalue weighted by molar-refractivity contribution is 5.91. The van der Waals surface area contributed by atoms with Gasteiger partial charge in [0, 0.05) is 13.8 Å². The molecule has 0 spiro atoms. The summed E-state index contributed by atoms with van der Waals surface area (Å²) in [5.41, 5.74) is 0. The summed E-state index contributed by atoms with van der Waals surface area (Å²) in [5.74, 6) is 0.116. The molecular formula is C13H17N3O5. The second-order valence-corrected chi connectivity index (χ2v) is 5.23. The first-order valence-electron chi connectivity index (χ1n) is 6.78. The van der Waals surface area contributed by atoms with Gasteiger partial charge < -0.3 is 24.5 Å². The molecule has 1 aromatic rings. The Kier molecular flexibility index (Phi) is 3.64. The Morgan fingerprint density at radius 3 is 2.33 bits per heavy atom. The number of ether oxygens (including phenoxy) is 2. The number of carbonyl (C=O) groups excluding carboxylic acids is 2. The van der Waals surface area contributed by atoms with Gasteiger partial charge in [0.25, 0.3) is 5.91 Å². The van der Waals surface area contributed by atoms with Gasteiger partial charge in [-0.25, -0.2) is 4.98 Å². The standard InChI is InChI=1S/C13H17N3O5/c1-6(17)15-8-4-19-12-9(5-20-11(8)12)16-13(18)10-3-14-7(2)21-10/h3,8-9,11-12H,4-5H2,1-2H3,(H,15,17)(H,16,18)/t8-,9-,11+,12+/m0/s1. The second-order valence-electron chi connectivity index (χ2n) is 5.23. The van der Waals surface area contributed by atoms with Crippen LogP contribution in [-0.4, -0.2) is 54.3 Å². The van der Waals surface area contributed by atoms with E-state index in [1.807, 2.05) is 0 Å². The van der Waals surface area contributed by atoms with Gasteiger partial charge in [-0.2, -0.15) is 0 Å². The molecule has 4 atom stereocenters. The van der Waals surface area contributed by atoms with Crippen LogP contribution in [0.25, 0.3) is 0 Å². The fraction of sp³-hybridized carbons (Fsp3) is 0.615. The maximum absolute atomic E-state index is 12.0. The molecule has 0 unspecified atom stereocenters. The summed E-state index contributed by atoms with van der Waals surface area (Å²) >= 11 is 0. The molecule has 0 aliphatic carbocycles. The lowest BCUT2D eigenvalue weighted by Crippen LogP contribution is -2.46. The number of carbonyl (C=O) groups is 2. The van der Waals surface area contributed by atoms with E-state index in [1.165, 1.54) is 13.1 Å². The van der Waals surface area contributed by atoms with Crippen LogP contribution >= 0.6 is 0 Å². The van der Waals surface area contributed by atoms with Crippen molar-refractivity contribution in [2.75, 3.05) is 13.2 Å². The van der Waals surface area contributed by atoms with Crippen LogP contribution in [0.2, 0.25) is 0 Å². The fourth-order valence-electron chi connectivity index (χ4n) is 2.71. The molecule has 0 radical (unpaired) electrons. The van der Waals surface area contributed by atoms with Gasteiger partial charge in [-0.1, -0.05) is 0 Å². The average Bonchev–Trinajstić information content (AvgIpc) is 3.09. The lowest BCUT2D eigenvalue weighted by atomic mass is 10.1. The van der Waals surface area contributed by atoms with Crippen molar-refractivity contribution in [3.05, 3.63) is 17.8 Å². The molecule has 0 aromatic carbocycles. The van der Waals surface area contributed by atoms with E-state index in [9.17, 15) is 9.59 Å². The number of oxazole rings is 1. The SMILES string of the molecule is CC(=O)N[C@H]1CO[C@H]2[C@@H]1OC[C@@H]2NC(=O)c1cnc(C)o1. The van der Waals surface area contributed by atoms with Crippen molar-refractivity contribution < 1.29 is 23.5 Å². The highest BCUT2D eigenvalue weighted by Gasteiger charge is 2.48. The number of nitrogens with zero attached hydrogens (tertiary/aromatic N) is 1. The minimum absolute atomic E-state index is 0.127. The van der Waals surface area contributed by atoms with Crippen LogP contribution in [0.3, 0.4) is 0 Å². The van der Waals surface area contributed by atoms with E-state index >= 15 is 0 Å². The van der Waals surface area contributed by atoms with Gasteiger partial charge in [0.05, 0.1) is 31.5 Å². The largest absolute Gasteiger partial charge is 0.436 e. The third-order valence-electron chi connectivity index (χ3n) is 3.60. The van der Waals surface area contributed by atoms with Gasteiger partial charge in [0.1, 0.15) is 12.2 Å². The Balaban J connectivity index is 1.61. The molecular weight excluding hydrogens is 278 g/mol. The lowest BCUT2D eigenvalue weighted by molar-refractivity contribution is -0.120. The molecule has 0 saturated carbocycles. The summed E-state index contributed by atoms with van der Waals surface area (Å²) < 4.78 is 16.5. The van der Waals surface area contributed by atoms with Crippen molar-refractivity contribution in [2.24, 2.45) is 0 Å². The van der Waals surface area contributed by atoms with Crippen molar-refractivity contribution >= 4 is 11.8 Å². The summed E-state index contributed by atoms with van der Waals surface area (Å²) in [6.07, 6.45) is 0.874. The van der Waals surface area contributed by atoms with Gasteiger partial charge in [-0.05, 0) is 0 Å². The maximum atomic E-state index is 12.0. The highest BCUT2D eigenvalue weighted by atomic mass is 16.6. The molecule has 3 heterocycles. The van der Waals surface area contributed by atoms with E-state index in [0.717, 1.165) is 0 Å². The van der Waals surface area contributed by atoms with Crippen molar-refractivity contribution in [3.63, 3.8) is 0 Å². The zero-order valence-electron chi connectivity index (χ0n) is 11.8. The zero-order valence-corrected chi connectivity index (χ0v) is 11.8. The number of hydrogen-bond donors (Lipinski definition) is 2. The number of aryl methyl sites for hydroxylation is 1. The summed E-state index contributed by atoms with van der Waals surface area (Å²) in [6, 6.07) is -0.450. The first-order valence-corrected chi connectivity index (χ1v) is 6.78. The Bertz CT molecular complexity index is 558. The topological polar surface area (TPSA) is 103 Å². The first kappa shape index (κ1) is 14.0. The van der Waals surface area contributed by atoms with Gasteiger partial charge in [0.2, 0.25) is 11.7 Å². The van der Waals surface area contributed by atoms with E-state index in [1.54, 1.807) is 6.92 Å². The zero-order chi connectivity index (χ0) is 15.0. The predicted octanol–water partition coefficient (Wildman–Crippen LogP) is -0.616. The number of nitrogens with one attached hydrogen (secondary N) is 2. The van der Waals surface area contributed by atoms with Crippen LogP contribution < -0.4 is 10.6 Å². The van der Waals surface area contributed by atoms with Crippen molar-refractivity contribution in [3.8, 4) is 0 Å². The van der Waals surface area contributed by atoms with Crippen molar-refractivity contribution in [2.45, 2.75) is 38.1 Å². The van der Waals surface area contributed by atoms with Gasteiger partial charge in [-0.15, -0.1) is 0 Å². The minimum Gasteiger partial charge on any atom is -0.436 e. The minimum atomic E-state index is -0.351. The van der Waals surface area contributed by atoms with E-state index in [0.29, 0.717) is 19.1 Å². The molecule has 2 aliphatic rings. The number of hydrogen-bond acceptors (Lipinski definition) is 6. The van der Waals surface area contributed by atoms with Crippen LogP contribution in [0.1, 0.15) is 23.4 Å². The first-order chi connectivity index (χ1) is 10.0. The molecule has 3 rings (SSSR count). The lowest BCUT2D eigenvalue weighted by Gasteiger charge is -2.17. The van der Waals surface area contributed by atoms with Crippen LogP contribution in [0.15, 0.2) is 10.6 Å². The molecule has 21 heavy (non-hydrogen) atoms. The van der Waals surface area contributed by atoms with Crippen LogP contribution in [-0.2, 0) is 14.3 Å². The molecule has 0 bridgehead atoms. The molecule has 2 fully saturated rings. The summed E-state index contributed by atoms with van der Waals surface area (Å²) in [7, 11) is 0. The van der Waals surface area contributed by atoms with Gasteiger partial charge in [0.15, 0.2) is 5.89 Å². The third-order valence-corrected chi connectivity index (χ3v) is 3.60. The quantitative estimate of drug-likeness (QED) is 0.770. The highest BCUT2D eigenvalue weighted by Crippen LogP contribution is 2.27. The normalized spacial score (nSPS) is 31.0. The molecule has 1 aromatic heterocycles. The van der Waals surface area contributed by atoms with E-state index in [4.69, 9.17) is 13.9 Å². The van der Waals surface area contributed by atoms with Crippen molar-refractivity contribution in [1.82, 2.24) is 15.6 Å². The third kappa shape index (κ3) is 2.77. The fourth-order valence-corrected chi connectivity index (χ4v) is 2.71. The van der Waals surface area contributed by atoms with Crippen LogP contribution in [0.4, 0.5) is 0 Å². The second kappa shape index (κ2) is 5.45. The maximum Gasteiger partial charge on any atom is 0.289 e. The molecule has 114 valence electrons. The average molecular weight is 295 g/mol. The summed E-state index contributed by atoms with van der Waals surface area (Å²) in [6.45, 7) is 3.84. The van der Waals surface area contributed by atoms with Gasteiger partial charge in [-0.3, -0.25) is 9.59 Å². The van der Waals surface area contributed by atoms with Crippen LogP contribution in [0, 0.1) is 6.92 Å². The van der Waals surface area contributed by atoms with Gasteiger partial charge >= 0.3 is 0 Å². The van der Waals surface area contributed by atoms with Crippen molar-refractivity contribution in [1.29, 1.82) is 0 Å². The Morgan fingerprint density at radius 2 is 1.81 bits per heavy atom. The molecule has 8 heteroatoms. The monoisotopic (exact) mass is 295 g/mol. The predicted molar refractivity (Wildman–Crippen MR) is 69.6 cm³/mol. The Labute approximate surface area is 121 Å². The number of aromatic nitrogens is 1. The molecule has 2 aliphatic heterocycles. The Morgan fingerprint density at radius 1 is 1.19 bits per heavy atom. The van der Waals surface area contributed by atoms with E-state index < -0.39 is 0 Å². The number of fused-ring (bicyclic) bond motifs is 1. The molecule has 8 nitrogen and oxygen atoms in total. The smallest absolute Gasteiger partial charge is 0.289 e. The summed E-state index contributed by atoms with van der Waals surface area (Å²) in [5, 5.41) is 5.61. The molecule has 2 amide bonds. The van der Waals surface area contributed by atoms with E-state index in [-0.39, 0.29) is 41.9 Å². The molecule has 2 saturated heterocycles. The molecule has 2 N–H and O–H groups in total. The number of rotatable bonds is 3. The summed E-state index contributed by atoms with van der Waals surface area (Å²) in [4.78, 5) is 27.0. The van der Waals surface area contributed by atoms with Crippen LogP contribution in [0.5, 0.6) is 0 Å². The number of amides is 2. The Hall–Kier alpha value is -1.93.